The van der Waals surface area contributed by atoms with Gasteiger partial charge in [-0.25, -0.2) is 4.98 Å². The molecule has 0 aliphatic heterocycles. The molecule has 1 aromatic carbocycles. The highest BCUT2D eigenvalue weighted by Crippen LogP contribution is 2.31. The molecule has 1 heterocycles. The van der Waals surface area contributed by atoms with E-state index in [0.717, 1.165) is 11.4 Å². The SMILES string of the molecule is Cc1cnc(C)c(NCC(O)COc2cccc(Cl)c2Cl)n1. The predicted octanol–water partition coefficient (Wildman–Crippen LogP) is 3.25. The molecule has 0 saturated heterocycles. The van der Waals surface area contributed by atoms with E-state index in [-0.39, 0.29) is 13.2 Å². The van der Waals surface area contributed by atoms with Crippen LogP contribution in [-0.2, 0) is 0 Å². The fourth-order valence-corrected chi connectivity index (χ4v) is 2.11. The van der Waals surface area contributed by atoms with E-state index in [1.807, 2.05) is 13.8 Å². The van der Waals surface area contributed by atoms with Crippen LogP contribution in [0.1, 0.15) is 11.4 Å². The molecule has 5 nitrogen and oxygen atoms in total. The lowest BCUT2D eigenvalue weighted by atomic mass is 10.3. The Morgan fingerprint density at radius 1 is 1.32 bits per heavy atom. The van der Waals surface area contributed by atoms with Gasteiger partial charge in [0.15, 0.2) is 0 Å². The van der Waals surface area contributed by atoms with Gasteiger partial charge in [-0.1, -0.05) is 29.3 Å². The number of rotatable bonds is 6. The Bertz CT molecular complexity index is 647. The molecule has 0 fully saturated rings. The van der Waals surface area contributed by atoms with E-state index in [4.69, 9.17) is 27.9 Å². The third-order valence-electron chi connectivity index (χ3n) is 2.93. The van der Waals surface area contributed by atoms with Crippen LogP contribution in [0.25, 0.3) is 0 Å². The topological polar surface area (TPSA) is 67.3 Å². The van der Waals surface area contributed by atoms with Gasteiger partial charge in [0.25, 0.3) is 0 Å². The molecule has 0 amide bonds. The molecule has 2 rings (SSSR count). The van der Waals surface area contributed by atoms with Gasteiger partial charge in [-0.05, 0) is 26.0 Å². The van der Waals surface area contributed by atoms with Gasteiger partial charge in [-0.2, -0.15) is 0 Å². The summed E-state index contributed by atoms with van der Waals surface area (Å²) in [5, 5.41) is 13.8. The van der Waals surface area contributed by atoms with Gasteiger partial charge >= 0.3 is 0 Å². The molecule has 2 N–H and O–H groups in total. The number of aliphatic hydroxyl groups excluding tert-OH is 1. The van der Waals surface area contributed by atoms with E-state index in [0.29, 0.717) is 21.6 Å². The van der Waals surface area contributed by atoms with Crippen LogP contribution in [0.5, 0.6) is 5.75 Å². The van der Waals surface area contributed by atoms with Gasteiger partial charge in [-0.3, -0.25) is 4.98 Å². The summed E-state index contributed by atoms with van der Waals surface area (Å²) in [6, 6.07) is 5.11. The largest absolute Gasteiger partial charge is 0.489 e. The lowest BCUT2D eigenvalue weighted by Gasteiger charge is -2.15. The molecule has 0 aliphatic rings. The van der Waals surface area contributed by atoms with Crippen molar-refractivity contribution in [3.05, 3.63) is 45.8 Å². The van der Waals surface area contributed by atoms with Crippen molar-refractivity contribution in [3.8, 4) is 5.75 Å². The van der Waals surface area contributed by atoms with Gasteiger partial charge in [0.05, 0.1) is 16.4 Å². The number of ether oxygens (including phenoxy) is 1. The second kappa shape index (κ2) is 7.63. The molecular formula is C15H17Cl2N3O2. The number of benzene rings is 1. The summed E-state index contributed by atoms with van der Waals surface area (Å²) < 4.78 is 5.48. The molecule has 0 radical (unpaired) electrons. The zero-order valence-corrected chi connectivity index (χ0v) is 13.8. The highest BCUT2D eigenvalue weighted by Gasteiger charge is 2.10. The number of anilines is 1. The summed E-state index contributed by atoms with van der Waals surface area (Å²) in [4.78, 5) is 8.53. The Balaban J connectivity index is 1.87. The van der Waals surface area contributed by atoms with Crippen LogP contribution in [0.4, 0.5) is 5.82 Å². The van der Waals surface area contributed by atoms with Crippen molar-refractivity contribution in [2.24, 2.45) is 0 Å². The summed E-state index contributed by atoms with van der Waals surface area (Å²) in [7, 11) is 0. The summed E-state index contributed by atoms with van der Waals surface area (Å²) in [5.41, 5.74) is 1.58. The number of halogens is 2. The molecule has 1 atom stereocenters. The second-order valence-corrected chi connectivity index (χ2v) is 5.63. The third kappa shape index (κ3) is 4.47. The predicted molar refractivity (Wildman–Crippen MR) is 88.0 cm³/mol. The average molecular weight is 342 g/mol. The van der Waals surface area contributed by atoms with Crippen LogP contribution >= 0.6 is 23.2 Å². The zero-order valence-electron chi connectivity index (χ0n) is 12.3. The molecule has 0 spiro atoms. The van der Waals surface area contributed by atoms with Crippen LogP contribution < -0.4 is 10.1 Å². The maximum Gasteiger partial charge on any atom is 0.147 e. The first-order chi connectivity index (χ1) is 10.5. The monoisotopic (exact) mass is 341 g/mol. The number of hydrogen-bond acceptors (Lipinski definition) is 5. The van der Waals surface area contributed by atoms with E-state index in [2.05, 4.69) is 15.3 Å². The zero-order chi connectivity index (χ0) is 16.1. The van der Waals surface area contributed by atoms with E-state index in [9.17, 15) is 5.11 Å². The first-order valence-electron chi connectivity index (χ1n) is 6.76. The average Bonchev–Trinajstić information content (AvgIpc) is 2.49. The van der Waals surface area contributed by atoms with E-state index in [1.54, 1.807) is 24.4 Å². The molecule has 1 aromatic heterocycles. The van der Waals surface area contributed by atoms with Crippen LogP contribution in [0, 0.1) is 13.8 Å². The Labute approximate surface area is 139 Å². The standard InChI is InChI=1S/C15H17Cl2N3O2/c1-9-6-18-10(2)15(20-9)19-7-11(21)8-22-13-5-3-4-12(16)14(13)17/h3-6,11,21H,7-8H2,1-2H3,(H,19,20). The van der Waals surface area contributed by atoms with E-state index < -0.39 is 6.10 Å². The molecule has 0 saturated carbocycles. The number of aliphatic hydroxyl groups is 1. The van der Waals surface area contributed by atoms with Gasteiger partial charge in [0, 0.05) is 12.7 Å². The molecule has 0 aliphatic carbocycles. The minimum atomic E-state index is -0.725. The normalized spacial score (nSPS) is 12.0. The first kappa shape index (κ1) is 16.8. The molecule has 0 bridgehead atoms. The highest BCUT2D eigenvalue weighted by atomic mass is 35.5. The van der Waals surface area contributed by atoms with Crippen molar-refractivity contribution in [1.29, 1.82) is 0 Å². The summed E-state index contributed by atoms with van der Waals surface area (Å²) >= 11 is 11.9. The second-order valence-electron chi connectivity index (χ2n) is 4.84. The van der Waals surface area contributed by atoms with Crippen LogP contribution in [-0.4, -0.2) is 34.3 Å². The Morgan fingerprint density at radius 3 is 2.86 bits per heavy atom. The third-order valence-corrected chi connectivity index (χ3v) is 3.73. The van der Waals surface area contributed by atoms with Gasteiger partial charge in [0.2, 0.25) is 0 Å². The van der Waals surface area contributed by atoms with Crippen molar-refractivity contribution >= 4 is 29.0 Å². The quantitative estimate of drug-likeness (QED) is 0.844. The lowest BCUT2D eigenvalue weighted by Crippen LogP contribution is -2.27. The minimum Gasteiger partial charge on any atom is -0.489 e. The molecular weight excluding hydrogens is 325 g/mol. The van der Waals surface area contributed by atoms with Crippen LogP contribution in [0.2, 0.25) is 10.0 Å². The molecule has 22 heavy (non-hydrogen) atoms. The Kier molecular flexibility index (Phi) is 5.83. The number of nitrogens with zero attached hydrogens (tertiary/aromatic N) is 2. The number of nitrogens with one attached hydrogen (secondary N) is 1. The molecule has 2 aromatic rings. The fraction of sp³-hybridized carbons (Fsp3) is 0.333. The van der Waals surface area contributed by atoms with Gasteiger partial charge in [-0.15, -0.1) is 0 Å². The molecule has 118 valence electrons. The first-order valence-corrected chi connectivity index (χ1v) is 7.52. The van der Waals surface area contributed by atoms with Crippen molar-refractivity contribution in [2.75, 3.05) is 18.5 Å². The number of hydrogen-bond donors (Lipinski definition) is 2. The molecule has 1 unspecified atom stereocenters. The highest BCUT2D eigenvalue weighted by molar-refractivity contribution is 6.42. The van der Waals surface area contributed by atoms with E-state index >= 15 is 0 Å². The van der Waals surface area contributed by atoms with Crippen LogP contribution in [0.15, 0.2) is 24.4 Å². The minimum absolute atomic E-state index is 0.0886. The molecule has 7 heteroatoms. The number of aromatic nitrogens is 2. The number of aryl methyl sites for hydroxylation is 2. The van der Waals surface area contributed by atoms with E-state index in [1.165, 1.54) is 0 Å². The van der Waals surface area contributed by atoms with Crippen molar-refractivity contribution in [1.82, 2.24) is 9.97 Å². The maximum absolute atomic E-state index is 9.98. The van der Waals surface area contributed by atoms with Gasteiger partial charge < -0.3 is 15.2 Å². The fourth-order valence-electron chi connectivity index (χ4n) is 1.76. The summed E-state index contributed by atoms with van der Waals surface area (Å²) in [6.07, 6.45) is 0.970. The van der Waals surface area contributed by atoms with Crippen LogP contribution in [0.3, 0.4) is 0 Å². The van der Waals surface area contributed by atoms with Crippen molar-refractivity contribution in [3.63, 3.8) is 0 Å². The van der Waals surface area contributed by atoms with Crippen molar-refractivity contribution in [2.45, 2.75) is 20.0 Å². The Morgan fingerprint density at radius 2 is 2.09 bits per heavy atom. The lowest BCUT2D eigenvalue weighted by molar-refractivity contribution is 0.117. The van der Waals surface area contributed by atoms with Crippen molar-refractivity contribution < 1.29 is 9.84 Å². The maximum atomic E-state index is 9.98. The van der Waals surface area contributed by atoms with Gasteiger partial charge in [0.1, 0.15) is 29.3 Å². The Hall–Kier alpha value is -1.56. The smallest absolute Gasteiger partial charge is 0.147 e. The summed E-state index contributed by atoms with van der Waals surface area (Å²) in [6.45, 7) is 4.09. The summed E-state index contributed by atoms with van der Waals surface area (Å²) in [5.74, 6) is 1.10.